The summed E-state index contributed by atoms with van der Waals surface area (Å²) in [4.78, 5) is 15.1. The predicted octanol–water partition coefficient (Wildman–Crippen LogP) is 13.4. The van der Waals surface area contributed by atoms with Crippen molar-refractivity contribution in [1.82, 2.24) is 19.5 Å². The summed E-state index contributed by atoms with van der Waals surface area (Å²) in [6, 6.07) is 44.7. The molecule has 6 nitrogen and oxygen atoms in total. The largest absolute Gasteiger partial charge is 0.456 e. The number of hydrogen-bond donors (Lipinski definition) is 0. The molecule has 0 atom stereocenters. The lowest BCUT2D eigenvalue weighted by Gasteiger charge is -2.16. The molecule has 0 radical (unpaired) electrons. The minimum atomic E-state index is -0.198. The van der Waals surface area contributed by atoms with E-state index in [1.165, 1.54) is 12.1 Å². The van der Waals surface area contributed by atoms with Gasteiger partial charge in [0, 0.05) is 60.1 Å². The highest BCUT2D eigenvalue weighted by Crippen LogP contribution is 2.42. The smallest absolute Gasteiger partial charge is 0.164 e. The number of furan rings is 2. The second kappa shape index (κ2) is 12.3. The molecular weight excluding hydrogens is 701 g/mol. The molecule has 0 aliphatic heterocycles. The Morgan fingerprint density at radius 1 is 0.404 bits per heavy atom. The maximum atomic E-state index is 9.30. The fourth-order valence-electron chi connectivity index (χ4n) is 8.01. The van der Waals surface area contributed by atoms with Gasteiger partial charge in [0.25, 0.3) is 0 Å². The van der Waals surface area contributed by atoms with Crippen molar-refractivity contribution in [2.45, 2.75) is 0 Å². The van der Waals surface area contributed by atoms with Gasteiger partial charge in [-0.1, -0.05) is 139 Å². The van der Waals surface area contributed by atoms with Gasteiger partial charge in [0.15, 0.2) is 17.5 Å². The Bertz CT molecular complexity index is 3820. The Morgan fingerprint density at radius 2 is 0.982 bits per heavy atom. The number of rotatable bonds is 5. The van der Waals surface area contributed by atoms with Crippen LogP contribution in [0.3, 0.4) is 0 Å². The summed E-state index contributed by atoms with van der Waals surface area (Å²) < 4.78 is 68.6. The molecule has 12 aromatic rings. The fourth-order valence-corrected chi connectivity index (χ4v) is 8.01. The Balaban J connectivity index is 1.17. The zero-order valence-corrected chi connectivity index (χ0v) is 30.0. The standard InChI is InChI=1S/C51H30N4O2/c1-2-13-31(14-3-1)49-52-50(54-51(53-49)33-26-28-39-37-17-6-10-23-45(37)56-47(39)30-33)32-25-27-36(40-19-12-20-41-38-18-7-11-24-46(38)57-48(40)41)44(29-32)55-42-21-8-4-15-34(42)35-16-5-9-22-43(35)55/h1-30H/i4D,5D,15D,16D,21D,22D. The van der Waals surface area contributed by atoms with Gasteiger partial charge in [-0.15, -0.1) is 0 Å². The van der Waals surface area contributed by atoms with Crippen molar-refractivity contribution in [2.75, 3.05) is 0 Å². The Hall–Kier alpha value is -7.83. The third kappa shape index (κ3) is 4.94. The average molecular weight is 737 g/mol. The van der Waals surface area contributed by atoms with E-state index < -0.39 is 0 Å². The zero-order valence-electron chi connectivity index (χ0n) is 36.0. The first-order valence-electron chi connectivity index (χ1n) is 21.5. The van der Waals surface area contributed by atoms with Gasteiger partial charge >= 0.3 is 0 Å². The molecule has 4 aromatic heterocycles. The van der Waals surface area contributed by atoms with E-state index in [0.29, 0.717) is 51.0 Å². The second-order valence-corrected chi connectivity index (χ2v) is 13.9. The van der Waals surface area contributed by atoms with Gasteiger partial charge in [0.1, 0.15) is 22.3 Å². The van der Waals surface area contributed by atoms with Crippen LogP contribution < -0.4 is 0 Å². The van der Waals surface area contributed by atoms with Crippen molar-refractivity contribution in [3.63, 3.8) is 0 Å². The first-order chi connectivity index (χ1) is 30.7. The number of para-hydroxylation sites is 5. The van der Waals surface area contributed by atoms with Gasteiger partial charge in [-0.25, -0.2) is 15.0 Å². The predicted molar refractivity (Wildman–Crippen MR) is 230 cm³/mol. The number of hydrogen-bond acceptors (Lipinski definition) is 5. The molecule has 0 aliphatic rings. The van der Waals surface area contributed by atoms with E-state index >= 15 is 0 Å². The molecule has 0 fully saturated rings. The van der Waals surface area contributed by atoms with E-state index in [0.717, 1.165) is 43.8 Å². The maximum Gasteiger partial charge on any atom is 0.164 e. The van der Waals surface area contributed by atoms with Crippen LogP contribution in [0.5, 0.6) is 0 Å². The van der Waals surface area contributed by atoms with E-state index in [1.807, 2.05) is 133 Å². The second-order valence-electron chi connectivity index (χ2n) is 13.9. The topological polar surface area (TPSA) is 69.9 Å². The van der Waals surface area contributed by atoms with E-state index in [2.05, 4.69) is 0 Å². The molecular formula is C51H30N4O2. The first-order valence-corrected chi connectivity index (χ1v) is 18.5. The molecule has 0 amide bonds. The van der Waals surface area contributed by atoms with Crippen LogP contribution in [0.2, 0.25) is 0 Å². The van der Waals surface area contributed by atoms with Crippen LogP contribution in [0, 0.1) is 0 Å². The average Bonchev–Trinajstić information content (AvgIpc) is 4.00. The van der Waals surface area contributed by atoms with Gasteiger partial charge in [0.2, 0.25) is 0 Å². The molecule has 57 heavy (non-hydrogen) atoms. The van der Waals surface area contributed by atoms with Crippen molar-refractivity contribution >= 4 is 65.7 Å². The van der Waals surface area contributed by atoms with Gasteiger partial charge in [-0.3, -0.25) is 0 Å². The van der Waals surface area contributed by atoms with Crippen molar-refractivity contribution in [3.05, 3.63) is 182 Å². The third-order valence-electron chi connectivity index (χ3n) is 10.6. The normalized spacial score (nSPS) is 13.3. The summed E-state index contributed by atoms with van der Waals surface area (Å²) in [5, 5.41) is 4.14. The molecule has 0 saturated heterocycles. The van der Waals surface area contributed by atoms with Crippen molar-refractivity contribution < 1.29 is 17.1 Å². The lowest BCUT2D eigenvalue weighted by atomic mass is 9.98. The minimum absolute atomic E-state index is 0.0689. The zero-order chi connectivity index (χ0) is 42.7. The molecule has 0 bridgehead atoms. The first kappa shape index (κ1) is 26.1. The molecule has 8 aromatic carbocycles. The van der Waals surface area contributed by atoms with Gasteiger partial charge in [-0.05, 0) is 42.4 Å². The lowest BCUT2D eigenvalue weighted by molar-refractivity contribution is 0.669. The van der Waals surface area contributed by atoms with Crippen LogP contribution in [0.15, 0.2) is 191 Å². The van der Waals surface area contributed by atoms with Crippen LogP contribution in [-0.4, -0.2) is 19.5 Å². The minimum Gasteiger partial charge on any atom is -0.456 e. The van der Waals surface area contributed by atoms with Crippen LogP contribution in [0.4, 0.5) is 0 Å². The van der Waals surface area contributed by atoms with Crippen molar-refractivity contribution in [3.8, 4) is 51.0 Å². The maximum absolute atomic E-state index is 9.30. The van der Waals surface area contributed by atoms with E-state index in [4.69, 9.17) is 29.3 Å². The SMILES string of the molecule is [2H]c1cc([2H])c2c(c1[2H])c1c([2H])c([2H])cc([2H])c1n2-c1cc(-c2nc(-c3ccccc3)nc(-c3ccc4c(c3)oc3ccccc34)n2)ccc1-c1cccc2c1oc1ccccc12. The molecule has 12 rings (SSSR count). The summed E-state index contributed by atoms with van der Waals surface area (Å²) in [6.45, 7) is 0. The van der Waals surface area contributed by atoms with Crippen LogP contribution in [-0.2, 0) is 0 Å². The Morgan fingerprint density at radius 3 is 1.72 bits per heavy atom. The summed E-state index contributed by atoms with van der Waals surface area (Å²) in [5.41, 5.74) is 7.24. The number of nitrogens with zero attached hydrogens (tertiary/aromatic N) is 4. The Labute approximate surface area is 334 Å². The van der Waals surface area contributed by atoms with Crippen molar-refractivity contribution in [1.29, 1.82) is 0 Å². The summed E-state index contributed by atoms with van der Waals surface area (Å²) in [5.74, 6) is 1.21. The molecule has 0 aliphatic carbocycles. The number of aromatic nitrogens is 4. The molecule has 0 saturated carbocycles. The molecule has 266 valence electrons. The molecule has 6 heteroatoms. The third-order valence-corrected chi connectivity index (χ3v) is 10.6. The molecule has 0 spiro atoms. The van der Waals surface area contributed by atoms with Crippen molar-refractivity contribution in [2.24, 2.45) is 0 Å². The highest BCUT2D eigenvalue weighted by molar-refractivity contribution is 6.12. The quantitative estimate of drug-likeness (QED) is 0.176. The lowest BCUT2D eigenvalue weighted by Crippen LogP contribution is -2.02. The van der Waals surface area contributed by atoms with Gasteiger partial charge in [0.05, 0.1) is 24.9 Å². The van der Waals surface area contributed by atoms with Gasteiger partial charge in [-0.2, -0.15) is 0 Å². The van der Waals surface area contributed by atoms with Crippen LogP contribution in [0.1, 0.15) is 8.22 Å². The summed E-state index contributed by atoms with van der Waals surface area (Å²) >= 11 is 0. The van der Waals surface area contributed by atoms with Gasteiger partial charge < -0.3 is 13.4 Å². The molecule has 0 unspecified atom stereocenters. The Kier molecular flexibility index (Phi) is 5.64. The highest BCUT2D eigenvalue weighted by Gasteiger charge is 2.21. The number of fused-ring (bicyclic) bond motifs is 9. The molecule has 4 heterocycles. The fraction of sp³-hybridized carbons (Fsp3) is 0. The summed E-state index contributed by atoms with van der Waals surface area (Å²) in [6.07, 6.45) is 0. The molecule has 0 N–H and O–H groups in total. The summed E-state index contributed by atoms with van der Waals surface area (Å²) in [7, 11) is 0. The van der Waals surface area contributed by atoms with E-state index in [1.54, 1.807) is 4.57 Å². The monoisotopic (exact) mass is 736 g/mol. The number of benzene rings is 8. The van der Waals surface area contributed by atoms with Crippen LogP contribution >= 0.6 is 0 Å². The van der Waals surface area contributed by atoms with E-state index in [-0.39, 0.29) is 58.1 Å². The van der Waals surface area contributed by atoms with E-state index in [9.17, 15) is 2.74 Å². The van der Waals surface area contributed by atoms with Crippen LogP contribution in [0.25, 0.3) is 117 Å². The highest BCUT2D eigenvalue weighted by atomic mass is 16.3.